The van der Waals surface area contributed by atoms with Crippen LogP contribution in [-0.2, 0) is 6.54 Å². The fraction of sp³-hybridized carbons (Fsp3) is 0.438. The van der Waals surface area contributed by atoms with Crippen molar-refractivity contribution in [2.24, 2.45) is 10.7 Å². The van der Waals surface area contributed by atoms with Gasteiger partial charge in [-0.2, -0.15) is 0 Å². The number of nitrogens with two attached hydrogens (primary N) is 1. The highest BCUT2D eigenvalue weighted by Gasteiger charge is 2.13. The van der Waals surface area contributed by atoms with Gasteiger partial charge < -0.3 is 25.3 Å². The fourth-order valence-electron chi connectivity index (χ4n) is 1.79. The molecule has 1 aromatic carbocycles. The summed E-state index contributed by atoms with van der Waals surface area (Å²) in [5, 5.41) is 2.98. The molecule has 0 saturated carbocycles. The third-order valence-corrected chi connectivity index (χ3v) is 2.81. The lowest BCUT2D eigenvalue weighted by atomic mass is 10.2. The van der Waals surface area contributed by atoms with Crippen molar-refractivity contribution < 1.29 is 14.2 Å². The van der Waals surface area contributed by atoms with Crippen molar-refractivity contribution in [1.29, 1.82) is 0 Å². The smallest absolute Gasteiger partial charge is 0.203 e. The van der Waals surface area contributed by atoms with Crippen LogP contribution < -0.4 is 25.3 Å². The van der Waals surface area contributed by atoms with Gasteiger partial charge in [-0.25, -0.2) is 4.99 Å². The largest absolute Gasteiger partial charge is 0.493 e. The summed E-state index contributed by atoms with van der Waals surface area (Å²) >= 11 is 0. The Kier molecular flexibility index (Phi) is 10.2. The molecule has 1 aromatic rings. The van der Waals surface area contributed by atoms with Crippen LogP contribution in [0.2, 0.25) is 0 Å². The number of benzene rings is 1. The topological polar surface area (TPSA) is 78.1 Å². The van der Waals surface area contributed by atoms with Gasteiger partial charge in [-0.05, 0) is 31.5 Å². The minimum Gasteiger partial charge on any atom is -0.493 e. The summed E-state index contributed by atoms with van der Waals surface area (Å²) in [5.74, 6) is 2.18. The standard InChI is InChI=1S/C16H25N3O3.HI/c1-6-22-15-13(20-4)7-12(8-14(15)21-5)10-19-16(17)18-9-11(2)3;/h7-8H,2,6,9-10H2,1,3-5H3,(H3,17,18,19);1H. The number of aliphatic imine (C=N–C) groups is 1. The van der Waals surface area contributed by atoms with Crippen LogP contribution in [0.1, 0.15) is 19.4 Å². The van der Waals surface area contributed by atoms with Gasteiger partial charge in [-0.3, -0.25) is 0 Å². The molecule has 0 aromatic heterocycles. The molecular formula is C16H26IN3O3. The molecule has 0 spiro atoms. The Morgan fingerprint density at radius 3 is 2.26 bits per heavy atom. The van der Waals surface area contributed by atoms with E-state index in [1.54, 1.807) is 14.2 Å². The van der Waals surface area contributed by atoms with Gasteiger partial charge >= 0.3 is 0 Å². The Balaban J connectivity index is 0.00000484. The first-order valence-electron chi connectivity index (χ1n) is 7.07. The van der Waals surface area contributed by atoms with Crippen LogP contribution in [0, 0.1) is 0 Å². The zero-order valence-corrected chi connectivity index (χ0v) is 16.5. The minimum absolute atomic E-state index is 0. The van der Waals surface area contributed by atoms with Crippen molar-refractivity contribution >= 4 is 29.9 Å². The zero-order chi connectivity index (χ0) is 16.5. The molecule has 23 heavy (non-hydrogen) atoms. The van der Waals surface area contributed by atoms with Crippen LogP contribution in [0.4, 0.5) is 0 Å². The van der Waals surface area contributed by atoms with Gasteiger partial charge in [0.25, 0.3) is 0 Å². The molecular weight excluding hydrogens is 409 g/mol. The second-order valence-electron chi connectivity index (χ2n) is 4.77. The normalized spacial score (nSPS) is 10.5. The lowest BCUT2D eigenvalue weighted by Gasteiger charge is -2.15. The van der Waals surface area contributed by atoms with E-state index >= 15 is 0 Å². The maximum atomic E-state index is 5.80. The minimum atomic E-state index is 0. The summed E-state index contributed by atoms with van der Waals surface area (Å²) in [6.07, 6.45) is 0. The Hall–Kier alpha value is -1.64. The Morgan fingerprint density at radius 1 is 1.26 bits per heavy atom. The van der Waals surface area contributed by atoms with E-state index < -0.39 is 0 Å². The molecule has 7 heteroatoms. The summed E-state index contributed by atoms with van der Waals surface area (Å²) in [6.45, 7) is 9.17. The van der Waals surface area contributed by atoms with E-state index in [9.17, 15) is 0 Å². The molecule has 0 atom stereocenters. The second kappa shape index (κ2) is 11.0. The number of halogens is 1. The molecule has 0 fully saturated rings. The van der Waals surface area contributed by atoms with Crippen LogP contribution in [0.25, 0.3) is 0 Å². The van der Waals surface area contributed by atoms with E-state index in [2.05, 4.69) is 16.9 Å². The molecule has 0 aliphatic carbocycles. The molecule has 6 nitrogen and oxygen atoms in total. The summed E-state index contributed by atoms with van der Waals surface area (Å²) in [4.78, 5) is 4.28. The first-order chi connectivity index (χ1) is 10.5. The van der Waals surface area contributed by atoms with Crippen molar-refractivity contribution in [2.75, 3.05) is 27.4 Å². The molecule has 1 rings (SSSR count). The summed E-state index contributed by atoms with van der Waals surface area (Å²) < 4.78 is 16.3. The van der Waals surface area contributed by atoms with Gasteiger partial charge in [0, 0.05) is 6.54 Å². The van der Waals surface area contributed by atoms with E-state index in [1.807, 2.05) is 26.0 Å². The highest BCUT2D eigenvalue weighted by molar-refractivity contribution is 14.0. The van der Waals surface area contributed by atoms with Crippen molar-refractivity contribution in [1.82, 2.24) is 5.32 Å². The molecule has 0 aliphatic rings. The Labute approximate surface area is 155 Å². The van der Waals surface area contributed by atoms with E-state index in [0.717, 1.165) is 11.1 Å². The molecule has 0 saturated heterocycles. The predicted octanol–water partition coefficient (Wildman–Crippen LogP) is 2.70. The number of guanidine groups is 1. The lowest BCUT2D eigenvalue weighted by Crippen LogP contribution is -2.32. The van der Waals surface area contributed by atoms with Crippen LogP contribution in [-0.4, -0.2) is 33.3 Å². The van der Waals surface area contributed by atoms with Crippen molar-refractivity contribution in [3.05, 3.63) is 29.8 Å². The van der Waals surface area contributed by atoms with Gasteiger partial charge in [0.2, 0.25) is 5.75 Å². The Morgan fingerprint density at radius 2 is 1.83 bits per heavy atom. The highest BCUT2D eigenvalue weighted by atomic mass is 127. The van der Waals surface area contributed by atoms with Gasteiger partial charge in [-0.1, -0.05) is 12.2 Å². The van der Waals surface area contributed by atoms with E-state index in [0.29, 0.717) is 42.9 Å². The maximum Gasteiger partial charge on any atom is 0.203 e. The number of hydrogen-bond donors (Lipinski definition) is 2. The first kappa shape index (κ1) is 21.4. The van der Waals surface area contributed by atoms with Crippen LogP contribution in [0.3, 0.4) is 0 Å². The van der Waals surface area contributed by atoms with E-state index in [1.165, 1.54) is 0 Å². The Bertz CT molecular complexity index is 522. The highest BCUT2D eigenvalue weighted by Crippen LogP contribution is 2.38. The number of rotatable bonds is 8. The maximum absolute atomic E-state index is 5.80. The number of ether oxygens (including phenoxy) is 3. The predicted molar refractivity (Wildman–Crippen MR) is 104 cm³/mol. The molecule has 0 unspecified atom stereocenters. The van der Waals surface area contributed by atoms with Crippen molar-refractivity contribution in [3.8, 4) is 17.2 Å². The van der Waals surface area contributed by atoms with E-state index in [4.69, 9.17) is 19.9 Å². The zero-order valence-electron chi connectivity index (χ0n) is 14.1. The monoisotopic (exact) mass is 435 g/mol. The molecule has 3 N–H and O–H groups in total. The van der Waals surface area contributed by atoms with Gasteiger partial charge in [-0.15, -0.1) is 24.0 Å². The third-order valence-electron chi connectivity index (χ3n) is 2.81. The summed E-state index contributed by atoms with van der Waals surface area (Å²) in [6, 6.07) is 3.73. The number of nitrogens with zero attached hydrogens (tertiary/aromatic N) is 1. The van der Waals surface area contributed by atoms with Gasteiger partial charge in [0.05, 0.1) is 27.4 Å². The molecule has 0 radical (unpaired) electrons. The average molecular weight is 435 g/mol. The molecule has 0 aliphatic heterocycles. The lowest BCUT2D eigenvalue weighted by molar-refractivity contribution is 0.288. The van der Waals surface area contributed by atoms with Crippen LogP contribution in [0.15, 0.2) is 29.3 Å². The van der Waals surface area contributed by atoms with Crippen molar-refractivity contribution in [2.45, 2.75) is 20.4 Å². The second-order valence-corrected chi connectivity index (χ2v) is 4.77. The molecule has 0 heterocycles. The number of methoxy groups -OCH3 is 2. The molecule has 130 valence electrons. The third kappa shape index (κ3) is 6.98. The van der Waals surface area contributed by atoms with Crippen molar-refractivity contribution in [3.63, 3.8) is 0 Å². The van der Waals surface area contributed by atoms with Gasteiger partial charge in [0.1, 0.15) is 0 Å². The fourth-order valence-corrected chi connectivity index (χ4v) is 1.79. The molecule has 0 amide bonds. The van der Waals surface area contributed by atoms with Gasteiger partial charge in [0.15, 0.2) is 17.5 Å². The average Bonchev–Trinajstić information content (AvgIpc) is 2.51. The first-order valence-corrected chi connectivity index (χ1v) is 7.07. The quantitative estimate of drug-likeness (QED) is 0.284. The SMILES string of the molecule is C=C(C)CNC(N)=NCc1cc(OC)c(OCC)c(OC)c1.I. The molecule has 0 bridgehead atoms. The summed E-state index contributed by atoms with van der Waals surface area (Å²) in [5.41, 5.74) is 7.70. The number of hydrogen-bond acceptors (Lipinski definition) is 4. The van der Waals surface area contributed by atoms with Crippen LogP contribution >= 0.6 is 24.0 Å². The van der Waals surface area contributed by atoms with Crippen LogP contribution in [0.5, 0.6) is 17.2 Å². The summed E-state index contributed by atoms with van der Waals surface area (Å²) in [7, 11) is 3.18. The number of nitrogens with one attached hydrogen (secondary N) is 1. The van der Waals surface area contributed by atoms with E-state index in [-0.39, 0.29) is 24.0 Å².